The molecular formula is C23H23FN6O. The third-order valence-electron chi connectivity index (χ3n) is 4.75. The number of nitrogens with zero attached hydrogens (tertiary/aromatic N) is 4. The molecule has 0 spiro atoms. The Morgan fingerprint density at radius 3 is 2.48 bits per heavy atom. The van der Waals surface area contributed by atoms with Crippen molar-refractivity contribution in [2.24, 2.45) is 0 Å². The zero-order valence-corrected chi connectivity index (χ0v) is 17.6. The fourth-order valence-corrected chi connectivity index (χ4v) is 3.08. The number of amides is 1. The van der Waals surface area contributed by atoms with Gasteiger partial charge in [0.25, 0.3) is 5.91 Å². The van der Waals surface area contributed by atoms with Gasteiger partial charge in [0.05, 0.1) is 22.5 Å². The summed E-state index contributed by atoms with van der Waals surface area (Å²) < 4.78 is 14.5. The minimum atomic E-state index is -0.597. The first-order valence-electron chi connectivity index (χ1n) is 9.80. The van der Waals surface area contributed by atoms with Gasteiger partial charge in [0.1, 0.15) is 11.6 Å². The first-order chi connectivity index (χ1) is 14.8. The number of rotatable bonds is 4. The fraction of sp³-hybridized carbons (Fsp3) is 0.217. The standard InChI is InChI=1S/C23H23FN6O/c1-4-30(5-2)22(31)18-12-16(8-10-19(18)24)21-17(14(3)28-23(26)29-21)9-6-15-7-11-20(25)27-13-15/h7-8,10-13H,4-5H2,1-3H3,(H2,25,27)(H2,26,28,29). The summed E-state index contributed by atoms with van der Waals surface area (Å²) in [6.07, 6.45) is 1.56. The summed E-state index contributed by atoms with van der Waals surface area (Å²) in [6, 6.07) is 7.68. The first kappa shape index (κ1) is 21.7. The van der Waals surface area contributed by atoms with Crippen LogP contribution in [0, 0.1) is 24.6 Å². The molecule has 158 valence electrons. The smallest absolute Gasteiger partial charge is 0.256 e. The second kappa shape index (κ2) is 9.22. The number of carbonyl (C=O) groups excluding carboxylic acids is 1. The zero-order chi connectivity index (χ0) is 22.5. The highest BCUT2D eigenvalue weighted by Crippen LogP contribution is 2.26. The van der Waals surface area contributed by atoms with E-state index >= 15 is 0 Å². The van der Waals surface area contributed by atoms with E-state index in [-0.39, 0.29) is 17.4 Å². The number of nitrogen functional groups attached to an aromatic ring is 2. The molecule has 0 saturated carbocycles. The Hall–Kier alpha value is -3.99. The Morgan fingerprint density at radius 2 is 1.84 bits per heavy atom. The van der Waals surface area contributed by atoms with E-state index in [2.05, 4.69) is 26.8 Å². The fourth-order valence-electron chi connectivity index (χ4n) is 3.08. The molecule has 2 heterocycles. The number of carbonyl (C=O) groups is 1. The van der Waals surface area contributed by atoms with Gasteiger partial charge in [-0.05, 0) is 51.1 Å². The van der Waals surface area contributed by atoms with Crippen LogP contribution >= 0.6 is 0 Å². The van der Waals surface area contributed by atoms with E-state index in [1.807, 2.05) is 13.8 Å². The van der Waals surface area contributed by atoms with E-state index < -0.39 is 5.82 Å². The molecule has 2 aromatic heterocycles. The summed E-state index contributed by atoms with van der Waals surface area (Å²) in [5.41, 5.74) is 14.2. The molecule has 31 heavy (non-hydrogen) atoms. The number of anilines is 2. The molecule has 3 aromatic rings. The van der Waals surface area contributed by atoms with Crippen LogP contribution in [0.25, 0.3) is 11.3 Å². The van der Waals surface area contributed by atoms with Crippen molar-refractivity contribution in [3.63, 3.8) is 0 Å². The molecule has 0 aliphatic rings. The van der Waals surface area contributed by atoms with Gasteiger partial charge in [-0.2, -0.15) is 0 Å². The largest absolute Gasteiger partial charge is 0.384 e. The lowest BCUT2D eigenvalue weighted by molar-refractivity contribution is 0.0768. The summed E-state index contributed by atoms with van der Waals surface area (Å²) in [7, 11) is 0. The maximum Gasteiger partial charge on any atom is 0.256 e. The molecule has 7 nitrogen and oxygen atoms in total. The van der Waals surface area contributed by atoms with Gasteiger partial charge in [-0.15, -0.1) is 0 Å². The van der Waals surface area contributed by atoms with Crippen molar-refractivity contribution >= 4 is 17.7 Å². The average Bonchev–Trinajstić information content (AvgIpc) is 2.75. The summed E-state index contributed by atoms with van der Waals surface area (Å²) in [6.45, 7) is 6.41. The monoisotopic (exact) mass is 418 g/mol. The molecule has 1 aromatic carbocycles. The highest BCUT2D eigenvalue weighted by atomic mass is 19.1. The molecule has 8 heteroatoms. The summed E-state index contributed by atoms with van der Waals surface area (Å²) >= 11 is 0. The Labute approximate surface area is 180 Å². The molecule has 0 saturated heterocycles. The van der Waals surface area contributed by atoms with E-state index in [0.29, 0.717) is 47.0 Å². The molecular weight excluding hydrogens is 395 g/mol. The second-order valence-corrected chi connectivity index (χ2v) is 6.78. The molecule has 0 aliphatic heterocycles. The van der Waals surface area contributed by atoms with E-state index in [1.54, 1.807) is 36.2 Å². The normalized spacial score (nSPS) is 10.3. The van der Waals surface area contributed by atoms with Crippen LogP contribution in [0.3, 0.4) is 0 Å². The molecule has 0 fully saturated rings. The van der Waals surface area contributed by atoms with Crippen molar-refractivity contribution in [3.05, 3.63) is 64.7 Å². The zero-order valence-electron chi connectivity index (χ0n) is 17.6. The van der Waals surface area contributed by atoms with Crippen LogP contribution in [0.15, 0.2) is 36.5 Å². The van der Waals surface area contributed by atoms with E-state index in [4.69, 9.17) is 11.5 Å². The lowest BCUT2D eigenvalue weighted by Gasteiger charge is -2.19. The predicted octanol–water partition coefficient (Wildman–Crippen LogP) is 3.03. The number of aromatic nitrogens is 3. The summed E-state index contributed by atoms with van der Waals surface area (Å²) in [5, 5.41) is 0. The van der Waals surface area contributed by atoms with Gasteiger partial charge in [0.15, 0.2) is 0 Å². The highest BCUT2D eigenvalue weighted by molar-refractivity contribution is 5.96. The number of aryl methyl sites for hydroxylation is 1. The van der Waals surface area contributed by atoms with Crippen molar-refractivity contribution in [3.8, 4) is 23.1 Å². The van der Waals surface area contributed by atoms with Gasteiger partial charge in [-0.3, -0.25) is 4.79 Å². The van der Waals surface area contributed by atoms with E-state index in [1.165, 1.54) is 12.1 Å². The van der Waals surface area contributed by atoms with Crippen molar-refractivity contribution in [2.75, 3.05) is 24.6 Å². The molecule has 3 rings (SSSR count). The summed E-state index contributed by atoms with van der Waals surface area (Å²) in [5.74, 6) is 5.54. The van der Waals surface area contributed by atoms with Crippen LogP contribution < -0.4 is 11.5 Å². The third-order valence-corrected chi connectivity index (χ3v) is 4.75. The van der Waals surface area contributed by atoms with Gasteiger partial charge < -0.3 is 16.4 Å². The molecule has 0 radical (unpaired) electrons. The molecule has 4 N–H and O–H groups in total. The summed E-state index contributed by atoms with van der Waals surface area (Å²) in [4.78, 5) is 26.8. The van der Waals surface area contributed by atoms with Crippen molar-refractivity contribution in [2.45, 2.75) is 20.8 Å². The van der Waals surface area contributed by atoms with Crippen LogP contribution in [-0.4, -0.2) is 38.8 Å². The third kappa shape index (κ3) is 4.78. The topological polar surface area (TPSA) is 111 Å². The van der Waals surface area contributed by atoms with Crippen LogP contribution in [-0.2, 0) is 0 Å². The highest BCUT2D eigenvalue weighted by Gasteiger charge is 2.20. The predicted molar refractivity (Wildman–Crippen MR) is 118 cm³/mol. The first-order valence-corrected chi connectivity index (χ1v) is 9.80. The maximum absolute atomic E-state index is 14.5. The molecule has 0 unspecified atom stereocenters. The van der Waals surface area contributed by atoms with Crippen molar-refractivity contribution in [1.29, 1.82) is 0 Å². The average molecular weight is 418 g/mol. The van der Waals surface area contributed by atoms with Crippen molar-refractivity contribution in [1.82, 2.24) is 19.9 Å². The van der Waals surface area contributed by atoms with Crippen LogP contribution in [0.5, 0.6) is 0 Å². The molecule has 0 bridgehead atoms. The van der Waals surface area contributed by atoms with Gasteiger partial charge >= 0.3 is 0 Å². The minimum absolute atomic E-state index is 0.0299. The Morgan fingerprint density at radius 1 is 1.10 bits per heavy atom. The Bertz CT molecular complexity index is 1180. The Balaban J connectivity index is 2.12. The Kier molecular flexibility index (Phi) is 6.46. The molecule has 1 amide bonds. The number of hydrogen-bond acceptors (Lipinski definition) is 6. The van der Waals surface area contributed by atoms with Gasteiger partial charge in [-0.25, -0.2) is 19.3 Å². The minimum Gasteiger partial charge on any atom is -0.384 e. The lowest BCUT2D eigenvalue weighted by Crippen LogP contribution is -2.31. The number of nitrogens with two attached hydrogens (primary N) is 2. The molecule has 0 atom stereocenters. The number of pyridine rings is 1. The van der Waals surface area contributed by atoms with Crippen LogP contribution in [0.4, 0.5) is 16.2 Å². The molecule has 0 aliphatic carbocycles. The van der Waals surface area contributed by atoms with Gasteiger partial charge in [0, 0.05) is 30.4 Å². The maximum atomic E-state index is 14.5. The van der Waals surface area contributed by atoms with Gasteiger partial charge in [0.2, 0.25) is 5.95 Å². The van der Waals surface area contributed by atoms with E-state index in [9.17, 15) is 9.18 Å². The number of benzene rings is 1. The lowest BCUT2D eigenvalue weighted by atomic mass is 10.0. The number of hydrogen-bond donors (Lipinski definition) is 2. The quantitative estimate of drug-likeness (QED) is 0.630. The SMILES string of the molecule is CCN(CC)C(=O)c1cc(-c2nc(N)nc(C)c2C#Cc2ccc(N)nc2)ccc1F. The van der Waals surface area contributed by atoms with E-state index in [0.717, 1.165) is 0 Å². The number of halogens is 1. The second-order valence-electron chi connectivity index (χ2n) is 6.78. The van der Waals surface area contributed by atoms with Crippen molar-refractivity contribution < 1.29 is 9.18 Å². The van der Waals surface area contributed by atoms with Gasteiger partial charge in [-0.1, -0.05) is 11.8 Å². The van der Waals surface area contributed by atoms with Crippen LogP contribution in [0.1, 0.15) is 41.0 Å². The van der Waals surface area contributed by atoms with Crippen LogP contribution in [0.2, 0.25) is 0 Å².